The molecule has 4 N–H and O–H groups in total. The van der Waals surface area contributed by atoms with E-state index in [1.54, 1.807) is 12.3 Å². The smallest absolute Gasteiger partial charge is 0.313 e. The second-order valence-corrected chi connectivity index (χ2v) is 7.12. The molecule has 1 fully saturated rings. The molecule has 3 aromatic rings. The second kappa shape index (κ2) is 7.90. The lowest BCUT2D eigenvalue weighted by atomic mass is 9.94. The van der Waals surface area contributed by atoms with Gasteiger partial charge >= 0.3 is 11.8 Å². The number of anilines is 1. The van der Waals surface area contributed by atoms with Crippen molar-refractivity contribution >= 4 is 34.3 Å². The fraction of sp³-hybridized carbons (Fsp3) is 0.250. The summed E-state index contributed by atoms with van der Waals surface area (Å²) in [6.07, 6.45) is 6.21. The van der Waals surface area contributed by atoms with E-state index in [0.29, 0.717) is 30.5 Å². The standard InChI is InChI=1S/C20H19FN6O3/c21-15-7-16-11(9-24-26-16)6-14(15)17-3-1-2-4-27(17)20(30)19(29)25-13-5-12(18(22)28)8-23-10-13/h5-10,17H,1-4H2,(H2,22,28)(H,24,26)(H,25,29)/t17-/m0/s1. The molecule has 1 aromatic carbocycles. The number of rotatable bonds is 3. The highest BCUT2D eigenvalue weighted by Gasteiger charge is 2.33. The molecule has 3 heterocycles. The number of aromatic nitrogens is 3. The Bertz CT molecular complexity index is 1140. The number of H-pyrrole nitrogens is 1. The van der Waals surface area contributed by atoms with Gasteiger partial charge in [0.1, 0.15) is 5.82 Å². The van der Waals surface area contributed by atoms with Crippen LogP contribution in [-0.2, 0) is 9.59 Å². The lowest BCUT2D eigenvalue weighted by Gasteiger charge is -2.35. The van der Waals surface area contributed by atoms with Gasteiger partial charge in [0.25, 0.3) is 0 Å². The number of amides is 3. The predicted octanol–water partition coefficient (Wildman–Crippen LogP) is 1.89. The van der Waals surface area contributed by atoms with E-state index in [1.807, 2.05) is 0 Å². The van der Waals surface area contributed by atoms with Crippen molar-refractivity contribution in [2.24, 2.45) is 5.73 Å². The van der Waals surface area contributed by atoms with Gasteiger partial charge in [-0.2, -0.15) is 5.10 Å². The van der Waals surface area contributed by atoms with Crippen LogP contribution in [0.3, 0.4) is 0 Å². The first-order chi connectivity index (χ1) is 14.4. The van der Waals surface area contributed by atoms with Crippen LogP contribution in [0.25, 0.3) is 10.9 Å². The Morgan fingerprint density at radius 1 is 1.17 bits per heavy atom. The highest BCUT2D eigenvalue weighted by atomic mass is 19.1. The first-order valence-corrected chi connectivity index (χ1v) is 9.43. The zero-order valence-electron chi connectivity index (χ0n) is 15.9. The number of nitrogens with one attached hydrogen (secondary N) is 2. The minimum absolute atomic E-state index is 0.103. The molecule has 1 saturated heterocycles. The van der Waals surface area contributed by atoms with Gasteiger partial charge in [0.2, 0.25) is 5.91 Å². The summed E-state index contributed by atoms with van der Waals surface area (Å²) in [7, 11) is 0. The number of halogens is 1. The molecule has 9 nitrogen and oxygen atoms in total. The molecule has 0 aliphatic carbocycles. The molecule has 154 valence electrons. The topological polar surface area (TPSA) is 134 Å². The average Bonchev–Trinajstić information content (AvgIpc) is 3.20. The summed E-state index contributed by atoms with van der Waals surface area (Å²) in [5.74, 6) is -2.84. The summed E-state index contributed by atoms with van der Waals surface area (Å²) in [6, 6.07) is 3.77. The first-order valence-electron chi connectivity index (χ1n) is 9.43. The zero-order valence-corrected chi connectivity index (χ0v) is 15.9. The van der Waals surface area contributed by atoms with Crippen molar-refractivity contribution in [3.05, 3.63) is 53.7 Å². The molecule has 1 aliphatic rings. The molecule has 4 rings (SSSR count). The van der Waals surface area contributed by atoms with E-state index >= 15 is 0 Å². The number of piperidine rings is 1. The van der Waals surface area contributed by atoms with Crippen molar-refractivity contribution in [3.63, 3.8) is 0 Å². The molecular formula is C20H19FN6O3. The number of carbonyl (C=O) groups excluding carboxylic acids is 3. The molecule has 1 atom stereocenters. The van der Waals surface area contributed by atoms with Gasteiger partial charge in [-0.1, -0.05) is 0 Å². The molecule has 0 radical (unpaired) electrons. The quantitative estimate of drug-likeness (QED) is 0.567. The average molecular weight is 410 g/mol. The van der Waals surface area contributed by atoms with E-state index < -0.39 is 29.6 Å². The molecule has 0 saturated carbocycles. The van der Waals surface area contributed by atoms with E-state index in [0.717, 1.165) is 11.8 Å². The fourth-order valence-electron chi connectivity index (χ4n) is 3.69. The van der Waals surface area contributed by atoms with Crippen LogP contribution in [0.15, 0.2) is 36.8 Å². The maximum absolute atomic E-state index is 14.7. The predicted molar refractivity (Wildman–Crippen MR) is 106 cm³/mol. The highest BCUT2D eigenvalue weighted by molar-refractivity contribution is 6.39. The van der Waals surface area contributed by atoms with E-state index in [-0.39, 0.29) is 11.3 Å². The lowest BCUT2D eigenvalue weighted by molar-refractivity contribution is -0.145. The molecule has 0 unspecified atom stereocenters. The largest absolute Gasteiger partial charge is 0.366 e. The summed E-state index contributed by atoms with van der Waals surface area (Å²) in [5, 5.41) is 9.77. The summed E-state index contributed by atoms with van der Waals surface area (Å²) >= 11 is 0. The SMILES string of the molecule is NC(=O)c1cncc(NC(=O)C(=O)N2CCCC[C@H]2c2cc3cn[nH]c3cc2F)c1. The van der Waals surface area contributed by atoms with Crippen molar-refractivity contribution in [3.8, 4) is 0 Å². The van der Waals surface area contributed by atoms with Gasteiger partial charge < -0.3 is 16.0 Å². The number of hydrogen-bond acceptors (Lipinski definition) is 5. The molecule has 3 amide bonds. The Morgan fingerprint density at radius 2 is 2.00 bits per heavy atom. The van der Waals surface area contributed by atoms with Gasteiger partial charge in [0.05, 0.1) is 35.2 Å². The zero-order chi connectivity index (χ0) is 21.3. The minimum atomic E-state index is -0.893. The van der Waals surface area contributed by atoms with Crippen molar-refractivity contribution in [1.82, 2.24) is 20.1 Å². The molecule has 10 heteroatoms. The van der Waals surface area contributed by atoms with Crippen LogP contribution in [0.2, 0.25) is 0 Å². The number of aromatic amines is 1. The van der Waals surface area contributed by atoms with E-state index in [4.69, 9.17) is 5.73 Å². The second-order valence-electron chi connectivity index (χ2n) is 7.12. The number of pyridine rings is 1. The Kier molecular flexibility index (Phi) is 5.13. The van der Waals surface area contributed by atoms with Crippen molar-refractivity contribution in [1.29, 1.82) is 0 Å². The number of fused-ring (bicyclic) bond motifs is 1. The van der Waals surface area contributed by atoms with Crippen LogP contribution in [0.1, 0.15) is 41.2 Å². The Balaban J connectivity index is 1.58. The van der Waals surface area contributed by atoms with Crippen LogP contribution in [0.4, 0.5) is 10.1 Å². The van der Waals surface area contributed by atoms with Crippen molar-refractivity contribution in [2.75, 3.05) is 11.9 Å². The Morgan fingerprint density at radius 3 is 2.80 bits per heavy atom. The maximum Gasteiger partial charge on any atom is 0.313 e. The lowest BCUT2D eigenvalue weighted by Crippen LogP contribution is -2.44. The first kappa shape index (κ1) is 19.5. The summed E-state index contributed by atoms with van der Waals surface area (Å²) in [6.45, 7) is 0.333. The molecule has 0 bridgehead atoms. The summed E-state index contributed by atoms with van der Waals surface area (Å²) in [4.78, 5) is 42.0. The third-order valence-electron chi connectivity index (χ3n) is 5.16. The highest BCUT2D eigenvalue weighted by Crippen LogP contribution is 2.34. The maximum atomic E-state index is 14.7. The van der Waals surface area contributed by atoms with Gasteiger partial charge in [-0.25, -0.2) is 4.39 Å². The van der Waals surface area contributed by atoms with Gasteiger partial charge in [-0.15, -0.1) is 0 Å². The molecule has 0 spiro atoms. The third kappa shape index (κ3) is 3.71. The van der Waals surface area contributed by atoms with Gasteiger partial charge in [-0.05, 0) is 37.5 Å². The van der Waals surface area contributed by atoms with Crippen LogP contribution in [-0.4, -0.2) is 44.3 Å². The number of hydrogen-bond donors (Lipinski definition) is 3. The number of benzene rings is 1. The van der Waals surface area contributed by atoms with Crippen LogP contribution in [0.5, 0.6) is 0 Å². The van der Waals surface area contributed by atoms with Gasteiger partial charge in [-0.3, -0.25) is 24.5 Å². The minimum Gasteiger partial charge on any atom is -0.366 e. The number of nitrogens with two attached hydrogens (primary N) is 1. The fourth-order valence-corrected chi connectivity index (χ4v) is 3.69. The van der Waals surface area contributed by atoms with Crippen LogP contribution in [0, 0.1) is 5.82 Å². The van der Waals surface area contributed by atoms with E-state index in [1.165, 1.54) is 29.4 Å². The molecular weight excluding hydrogens is 391 g/mol. The van der Waals surface area contributed by atoms with Crippen LogP contribution < -0.4 is 11.1 Å². The molecule has 30 heavy (non-hydrogen) atoms. The van der Waals surface area contributed by atoms with E-state index in [9.17, 15) is 18.8 Å². The number of nitrogens with zero attached hydrogens (tertiary/aromatic N) is 3. The van der Waals surface area contributed by atoms with Crippen molar-refractivity contribution in [2.45, 2.75) is 25.3 Å². The normalized spacial score (nSPS) is 16.4. The van der Waals surface area contributed by atoms with E-state index in [2.05, 4.69) is 20.5 Å². The van der Waals surface area contributed by atoms with Gasteiger partial charge in [0, 0.05) is 23.7 Å². The van der Waals surface area contributed by atoms with Crippen LogP contribution >= 0.6 is 0 Å². The molecule has 1 aliphatic heterocycles. The number of primary amides is 1. The van der Waals surface area contributed by atoms with Gasteiger partial charge in [0.15, 0.2) is 0 Å². The Hall–Kier alpha value is -3.82. The molecule has 2 aromatic heterocycles. The summed E-state index contributed by atoms with van der Waals surface area (Å²) < 4.78 is 14.7. The third-order valence-corrected chi connectivity index (χ3v) is 5.16. The summed E-state index contributed by atoms with van der Waals surface area (Å²) in [5.41, 5.74) is 6.39. The van der Waals surface area contributed by atoms with Crippen molar-refractivity contribution < 1.29 is 18.8 Å². The monoisotopic (exact) mass is 410 g/mol. The number of likely N-dealkylation sites (tertiary alicyclic amines) is 1. The Labute approximate surface area is 170 Å². The number of carbonyl (C=O) groups is 3.